The summed E-state index contributed by atoms with van der Waals surface area (Å²) in [6.45, 7) is 2.87. The number of carbonyl (C=O) groups is 1. The van der Waals surface area contributed by atoms with Crippen molar-refractivity contribution in [3.05, 3.63) is 35.4 Å². The second-order valence-electron chi connectivity index (χ2n) is 7.38. The fraction of sp³-hybridized carbons (Fsp3) is 0.550. The number of hydrogen-bond acceptors (Lipinski definition) is 5. The summed E-state index contributed by atoms with van der Waals surface area (Å²) in [6, 6.07) is 5.31. The van der Waals surface area contributed by atoms with Gasteiger partial charge in [0.1, 0.15) is 5.82 Å². The number of hydrogen-bond donors (Lipinski definition) is 0. The van der Waals surface area contributed by atoms with Crippen LogP contribution < -0.4 is 4.74 Å². The number of amides is 1. The lowest BCUT2D eigenvalue weighted by Crippen LogP contribution is -2.31. The van der Waals surface area contributed by atoms with E-state index in [4.69, 9.17) is 4.74 Å². The second kappa shape index (κ2) is 8.11. The highest BCUT2D eigenvalue weighted by atomic mass is 32.2. The molecular weight excluding hydrogens is 379 g/mol. The van der Waals surface area contributed by atoms with E-state index in [1.807, 2.05) is 6.92 Å². The maximum atomic E-state index is 13.9. The van der Waals surface area contributed by atoms with E-state index >= 15 is 0 Å². The first kappa shape index (κ1) is 19.2. The fourth-order valence-corrected chi connectivity index (χ4v) is 4.22. The average molecular weight is 405 g/mol. The molecule has 8 heteroatoms. The van der Waals surface area contributed by atoms with E-state index < -0.39 is 5.82 Å². The highest BCUT2D eigenvalue weighted by Gasteiger charge is 2.36. The highest BCUT2D eigenvalue weighted by Crippen LogP contribution is 2.46. The van der Waals surface area contributed by atoms with Crippen LogP contribution in [-0.4, -0.2) is 45.0 Å². The van der Waals surface area contributed by atoms with Crippen LogP contribution in [0.25, 0.3) is 0 Å². The summed E-state index contributed by atoms with van der Waals surface area (Å²) in [5, 5.41) is 9.59. The van der Waals surface area contributed by atoms with Gasteiger partial charge in [-0.1, -0.05) is 17.8 Å². The van der Waals surface area contributed by atoms with Gasteiger partial charge in [0.15, 0.2) is 16.7 Å². The summed E-state index contributed by atoms with van der Waals surface area (Å²) in [5.74, 6) is 1.76. The number of halogens is 1. The number of carbonyl (C=O) groups excluding carboxylic acids is 1. The van der Waals surface area contributed by atoms with E-state index in [0.29, 0.717) is 30.8 Å². The van der Waals surface area contributed by atoms with Gasteiger partial charge < -0.3 is 14.2 Å². The zero-order chi connectivity index (χ0) is 19.7. The lowest BCUT2D eigenvalue weighted by atomic mass is 10.2. The Morgan fingerprint density at radius 1 is 1.32 bits per heavy atom. The molecule has 2 aromatic rings. The fourth-order valence-electron chi connectivity index (χ4n) is 3.31. The Balaban J connectivity index is 1.39. The number of nitrogens with zero attached hydrogens (tertiary/aromatic N) is 4. The number of rotatable bonds is 9. The Morgan fingerprint density at radius 2 is 2.11 bits per heavy atom. The Hall–Kier alpha value is -2.09. The quantitative estimate of drug-likeness (QED) is 0.595. The van der Waals surface area contributed by atoms with Gasteiger partial charge in [0.25, 0.3) is 0 Å². The summed E-state index contributed by atoms with van der Waals surface area (Å²) >= 11 is 1.46. The van der Waals surface area contributed by atoms with E-state index in [9.17, 15) is 9.18 Å². The molecule has 0 saturated heterocycles. The minimum absolute atomic E-state index is 0.0158. The summed E-state index contributed by atoms with van der Waals surface area (Å²) in [4.78, 5) is 14.5. The van der Waals surface area contributed by atoms with Crippen LogP contribution in [0.1, 0.15) is 56.0 Å². The van der Waals surface area contributed by atoms with Crippen LogP contribution >= 0.6 is 11.8 Å². The zero-order valence-electron chi connectivity index (χ0n) is 16.2. The largest absolute Gasteiger partial charge is 0.494 e. The molecule has 1 aromatic heterocycles. The molecule has 2 fully saturated rings. The van der Waals surface area contributed by atoms with Crippen molar-refractivity contribution in [3.8, 4) is 5.75 Å². The smallest absolute Gasteiger partial charge is 0.233 e. The highest BCUT2D eigenvalue weighted by molar-refractivity contribution is 7.99. The maximum absolute atomic E-state index is 13.9. The molecule has 1 amide bonds. The topological polar surface area (TPSA) is 60.2 Å². The molecule has 1 heterocycles. The van der Waals surface area contributed by atoms with E-state index in [2.05, 4.69) is 14.8 Å². The van der Waals surface area contributed by atoms with E-state index in [0.717, 1.165) is 16.5 Å². The van der Waals surface area contributed by atoms with Crippen molar-refractivity contribution in [1.82, 2.24) is 19.7 Å². The van der Waals surface area contributed by atoms with Crippen molar-refractivity contribution in [2.45, 2.75) is 56.3 Å². The van der Waals surface area contributed by atoms with Gasteiger partial charge in [0.2, 0.25) is 5.91 Å². The van der Waals surface area contributed by atoms with Crippen molar-refractivity contribution in [2.24, 2.45) is 0 Å². The first-order valence-corrected chi connectivity index (χ1v) is 10.8. The first-order chi connectivity index (χ1) is 13.6. The number of thioether (sulfide) groups is 1. The molecule has 0 radical (unpaired) electrons. The number of methoxy groups -OCH3 is 1. The van der Waals surface area contributed by atoms with Crippen LogP contribution in [0.4, 0.5) is 4.39 Å². The molecule has 28 heavy (non-hydrogen) atoms. The van der Waals surface area contributed by atoms with Crippen LogP contribution in [0, 0.1) is 5.82 Å². The van der Waals surface area contributed by atoms with Gasteiger partial charge in [-0.2, -0.15) is 0 Å². The van der Waals surface area contributed by atoms with Crippen LogP contribution in [-0.2, 0) is 11.3 Å². The summed E-state index contributed by atoms with van der Waals surface area (Å²) in [5.41, 5.74) is 0.746. The van der Waals surface area contributed by atoms with Gasteiger partial charge in [0.05, 0.1) is 12.9 Å². The SMILES string of the molecule is CCN(Cc1ccc(OC)c(F)c1)C(=O)CSc1nnc(C2CC2)n1C1CC1. The minimum Gasteiger partial charge on any atom is -0.494 e. The molecule has 0 spiro atoms. The number of benzene rings is 1. The maximum Gasteiger partial charge on any atom is 0.233 e. The number of ether oxygens (including phenoxy) is 1. The summed E-state index contributed by atoms with van der Waals surface area (Å²) in [7, 11) is 1.44. The van der Waals surface area contributed by atoms with Crippen molar-refractivity contribution in [3.63, 3.8) is 0 Å². The third kappa shape index (κ3) is 4.16. The van der Waals surface area contributed by atoms with Crippen LogP contribution in [0.5, 0.6) is 5.75 Å². The van der Waals surface area contributed by atoms with Crippen LogP contribution in [0.15, 0.2) is 23.4 Å². The number of aromatic nitrogens is 3. The molecule has 0 unspecified atom stereocenters. The van der Waals surface area contributed by atoms with E-state index in [1.165, 1.54) is 50.6 Å². The average Bonchev–Trinajstić information content (AvgIpc) is 3.63. The molecule has 2 saturated carbocycles. The monoisotopic (exact) mass is 404 g/mol. The molecule has 0 N–H and O–H groups in total. The summed E-state index contributed by atoms with van der Waals surface area (Å²) < 4.78 is 21.1. The lowest BCUT2D eigenvalue weighted by molar-refractivity contribution is -0.128. The standard InChI is InChI=1S/C20H25FN4O2S/c1-3-24(11-13-4-9-17(27-2)16(21)10-13)18(26)12-28-20-23-22-19(14-5-6-14)25(20)15-7-8-15/h4,9-10,14-15H,3,5-8,11-12H2,1-2H3. The molecule has 0 bridgehead atoms. The van der Waals surface area contributed by atoms with Crippen molar-refractivity contribution >= 4 is 17.7 Å². The van der Waals surface area contributed by atoms with Gasteiger partial charge in [0, 0.05) is 25.0 Å². The molecule has 0 atom stereocenters. The Morgan fingerprint density at radius 3 is 2.71 bits per heavy atom. The normalized spacial score (nSPS) is 16.2. The molecule has 0 aliphatic heterocycles. The first-order valence-electron chi connectivity index (χ1n) is 9.78. The van der Waals surface area contributed by atoms with Crippen molar-refractivity contribution < 1.29 is 13.9 Å². The van der Waals surface area contributed by atoms with Gasteiger partial charge in [-0.15, -0.1) is 10.2 Å². The van der Waals surface area contributed by atoms with Crippen LogP contribution in [0.3, 0.4) is 0 Å². The predicted molar refractivity (Wildman–Crippen MR) is 105 cm³/mol. The Labute approximate surface area is 168 Å². The molecule has 150 valence electrons. The zero-order valence-corrected chi connectivity index (χ0v) is 17.0. The van der Waals surface area contributed by atoms with Crippen LogP contribution in [0.2, 0.25) is 0 Å². The molecular formula is C20H25FN4O2S. The molecule has 4 rings (SSSR count). The third-order valence-corrected chi connectivity index (χ3v) is 6.12. The summed E-state index contributed by atoms with van der Waals surface area (Å²) in [6.07, 6.45) is 4.72. The Bertz CT molecular complexity index is 864. The van der Waals surface area contributed by atoms with Gasteiger partial charge >= 0.3 is 0 Å². The van der Waals surface area contributed by atoms with E-state index in [1.54, 1.807) is 17.0 Å². The molecule has 2 aliphatic rings. The third-order valence-electron chi connectivity index (χ3n) is 5.19. The minimum atomic E-state index is -0.414. The Kier molecular flexibility index (Phi) is 5.57. The second-order valence-corrected chi connectivity index (χ2v) is 8.32. The van der Waals surface area contributed by atoms with Crippen molar-refractivity contribution in [2.75, 3.05) is 19.4 Å². The lowest BCUT2D eigenvalue weighted by Gasteiger charge is -2.21. The molecule has 6 nitrogen and oxygen atoms in total. The van der Waals surface area contributed by atoms with Gasteiger partial charge in [-0.25, -0.2) is 4.39 Å². The molecule has 2 aliphatic carbocycles. The van der Waals surface area contributed by atoms with Gasteiger partial charge in [-0.3, -0.25) is 4.79 Å². The molecule has 1 aromatic carbocycles. The van der Waals surface area contributed by atoms with Gasteiger partial charge in [-0.05, 0) is 50.3 Å². The van der Waals surface area contributed by atoms with Crippen molar-refractivity contribution in [1.29, 1.82) is 0 Å². The predicted octanol–water partition coefficient (Wildman–Crippen LogP) is 3.78. The van der Waals surface area contributed by atoms with E-state index in [-0.39, 0.29) is 11.7 Å².